The fraction of sp³-hybridized carbons (Fsp3) is 0.192. The monoisotopic (exact) mass is 488 g/mol. The molecule has 2 aromatic heterocycles. The Morgan fingerprint density at radius 2 is 1.88 bits per heavy atom. The molecule has 0 saturated carbocycles. The number of hydrogen-bond donors (Lipinski definition) is 1. The first kappa shape index (κ1) is 22.3. The summed E-state index contributed by atoms with van der Waals surface area (Å²) < 4.78 is 11.1. The molecule has 6 nitrogen and oxygen atoms in total. The first-order chi connectivity index (χ1) is 16.6. The summed E-state index contributed by atoms with van der Waals surface area (Å²) in [5.74, 6) is 1.83. The van der Waals surface area contributed by atoms with Gasteiger partial charge in [0, 0.05) is 11.4 Å². The summed E-state index contributed by atoms with van der Waals surface area (Å²) in [6, 6.07) is 20.1. The van der Waals surface area contributed by atoms with Crippen LogP contribution in [0.1, 0.15) is 36.9 Å². The Hall–Kier alpha value is -3.49. The lowest BCUT2D eigenvalue weighted by Crippen LogP contribution is -2.46. The standard InChI is InChI=1S/C26H24N4O2S2/c1-4-17-7-9-18(10-8-17)23-22(25-28-24(29-32-25)21-6-5-15-34-21)16(2)30(26(33)27-23)19-11-13-20(31-3)14-12-19/h5-15,23H,4H2,1-3H3,(H,27,33). The molecule has 1 aliphatic heterocycles. The van der Waals surface area contributed by atoms with Crippen LogP contribution in [0.2, 0.25) is 0 Å². The summed E-state index contributed by atoms with van der Waals surface area (Å²) in [6.07, 6.45) is 0.984. The molecule has 0 bridgehead atoms. The number of thiocarbonyl (C=S) groups is 1. The molecule has 1 aliphatic rings. The minimum absolute atomic E-state index is 0.218. The minimum atomic E-state index is -0.218. The molecule has 1 unspecified atom stereocenters. The first-order valence-electron chi connectivity index (χ1n) is 11.0. The number of benzene rings is 2. The van der Waals surface area contributed by atoms with Crippen molar-refractivity contribution >= 4 is 39.9 Å². The molecule has 0 fully saturated rings. The van der Waals surface area contributed by atoms with E-state index in [1.54, 1.807) is 18.4 Å². The first-order valence-corrected chi connectivity index (χ1v) is 12.3. The van der Waals surface area contributed by atoms with Gasteiger partial charge in [-0.3, -0.25) is 4.90 Å². The lowest BCUT2D eigenvalue weighted by Gasteiger charge is -2.37. The molecule has 5 rings (SSSR count). The van der Waals surface area contributed by atoms with Crippen LogP contribution >= 0.6 is 23.6 Å². The van der Waals surface area contributed by atoms with Crippen molar-refractivity contribution in [3.8, 4) is 16.5 Å². The number of aromatic nitrogens is 2. The minimum Gasteiger partial charge on any atom is -0.497 e. The number of nitrogens with one attached hydrogen (secondary N) is 1. The van der Waals surface area contributed by atoms with E-state index < -0.39 is 0 Å². The van der Waals surface area contributed by atoms with Crippen LogP contribution in [-0.4, -0.2) is 22.4 Å². The van der Waals surface area contributed by atoms with E-state index in [2.05, 4.69) is 41.7 Å². The zero-order chi connectivity index (χ0) is 23.7. The maximum absolute atomic E-state index is 5.83. The van der Waals surface area contributed by atoms with Gasteiger partial charge in [-0.2, -0.15) is 4.98 Å². The van der Waals surface area contributed by atoms with Crippen LogP contribution in [-0.2, 0) is 6.42 Å². The van der Waals surface area contributed by atoms with Gasteiger partial charge in [0.05, 0.1) is 23.6 Å². The maximum Gasteiger partial charge on any atom is 0.258 e. The van der Waals surface area contributed by atoms with Crippen molar-refractivity contribution < 1.29 is 9.26 Å². The number of rotatable bonds is 6. The van der Waals surface area contributed by atoms with Crippen molar-refractivity contribution in [2.45, 2.75) is 26.3 Å². The predicted molar refractivity (Wildman–Crippen MR) is 140 cm³/mol. The fourth-order valence-electron chi connectivity index (χ4n) is 4.10. The normalized spacial score (nSPS) is 16.0. The Morgan fingerprint density at radius 3 is 2.53 bits per heavy atom. The second-order valence-electron chi connectivity index (χ2n) is 7.91. The Balaban J connectivity index is 1.63. The average Bonchev–Trinajstić information content (AvgIpc) is 3.57. The van der Waals surface area contributed by atoms with Crippen LogP contribution in [0, 0.1) is 0 Å². The van der Waals surface area contributed by atoms with Crippen LogP contribution in [0.3, 0.4) is 0 Å². The summed E-state index contributed by atoms with van der Waals surface area (Å²) in [7, 11) is 1.65. The van der Waals surface area contributed by atoms with E-state index in [0.29, 0.717) is 16.8 Å². The number of allylic oxidation sites excluding steroid dienone is 1. The van der Waals surface area contributed by atoms with E-state index in [1.807, 2.05) is 53.6 Å². The van der Waals surface area contributed by atoms with Gasteiger partial charge in [0.25, 0.3) is 5.89 Å². The van der Waals surface area contributed by atoms with Gasteiger partial charge in [-0.1, -0.05) is 42.4 Å². The summed E-state index contributed by atoms with van der Waals surface area (Å²) in [6.45, 7) is 4.19. The summed E-state index contributed by atoms with van der Waals surface area (Å²) >= 11 is 7.41. The van der Waals surface area contributed by atoms with E-state index in [-0.39, 0.29) is 6.04 Å². The number of thiophene rings is 1. The highest BCUT2D eigenvalue weighted by Crippen LogP contribution is 2.39. The molecule has 0 amide bonds. The van der Waals surface area contributed by atoms with Crippen molar-refractivity contribution in [2.75, 3.05) is 12.0 Å². The van der Waals surface area contributed by atoms with Gasteiger partial charge in [-0.15, -0.1) is 11.3 Å². The highest BCUT2D eigenvalue weighted by Gasteiger charge is 2.34. The molecular weight excluding hydrogens is 464 g/mol. The molecule has 0 spiro atoms. The number of ether oxygens (including phenoxy) is 1. The molecule has 0 radical (unpaired) electrons. The lowest BCUT2D eigenvalue weighted by atomic mass is 9.93. The number of hydrogen-bond acceptors (Lipinski definition) is 6. The van der Waals surface area contributed by atoms with E-state index in [4.69, 9.17) is 26.5 Å². The molecule has 172 valence electrons. The van der Waals surface area contributed by atoms with Gasteiger partial charge in [-0.25, -0.2) is 0 Å². The van der Waals surface area contributed by atoms with Gasteiger partial charge < -0.3 is 14.6 Å². The zero-order valence-corrected chi connectivity index (χ0v) is 20.7. The van der Waals surface area contributed by atoms with E-state index >= 15 is 0 Å². The second-order valence-corrected chi connectivity index (χ2v) is 9.24. The SMILES string of the molecule is CCc1ccc(C2NC(=S)N(c3ccc(OC)cc3)C(C)=C2c2nc(-c3cccs3)no2)cc1. The third-order valence-corrected chi connectivity index (χ3v) is 7.10. The number of aryl methyl sites for hydroxylation is 1. The third-order valence-electron chi connectivity index (χ3n) is 5.93. The van der Waals surface area contributed by atoms with E-state index in [9.17, 15) is 0 Å². The molecule has 1 N–H and O–H groups in total. The van der Waals surface area contributed by atoms with Crippen molar-refractivity contribution in [3.63, 3.8) is 0 Å². The van der Waals surface area contributed by atoms with Gasteiger partial charge >= 0.3 is 0 Å². The highest BCUT2D eigenvalue weighted by atomic mass is 32.1. The quantitative estimate of drug-likeness (QED) is 0.323. The molecular formula is C26H24N4O2S2. The summed E-state index contributed by atoms with van der Waals surface area (Å²) in [5, 5.41) is 10.4. The second kappa shape index (κ2) is 9.40. The smallest absolute Gasteiger partial charge is 0.258 e. The molecule has 1 atom stereocenters. The van der Waals surface area contributed by atoms with Crippen molar-refractivity contribution in [1.82, 2.24) is 15.5 Å². The van der Waals surface area contributed by atoms with Gasteiger partial charge in [-0.05, 0) is 72.4 Å². The fourth-order valence-corrected chi connectivity index (χ4v) is 5.11. The average molecular weight is 489 g/mol. The Kier molecular flexibility index (Phi) is 6.17. The zero-order valence-electron chi connectivity index (χ0n) is 19.1. The van der Waals surface area contributed by atoms with Crippen molar-refractivity contribution in [1.29, 1.82) is 0 Å². The van der Waals surface area contributed by atoms with Crippen LogP contribution in [0.25, 0.3) is 16.3 Å². The molecule has 0 saturated heterocycles. The van der Waals surface area contributed by atoms with Crippen molar-refractivity contribution in [3.05, 3.63) is 88.8 Å². The maximum atomic E-state index is 5.83. The molecule has 2 aromatic carbocycles. The number of anilines is 1. The van der Waals surface area contributed by atoms with Crippen LogP contribution < -0.4 is 15.0 Å². The van der Waals surface area contributed by atoms with Crippen molar-refractivity contribution in [2.24, 2.45) is 0 Å². The largest absolute Gasteiger partial charge is 0.497 e. The number of nitrogens with zero attached hydrogens (tertiary/aromatic N) is 3. The van der Waals surface area contributed by atoms with E-state index in [0.717, 1.165) is 39.6 Å². The lowest BCUT2D eigenvalue weighted by molar-refractivity contribution is 0.404. The van der Waals surface area contributed by atoms with Gasteiger partial charge in [0.15, 0.2) is 5.11 Å². The topological polar surface area (TPSA) is 63.4 Å². The van der Waals surface area contributed by atoms with Gasteiger partial charge in [0.2, 0.25) is 5.82 Å². The Labute approximate surface area is 207 Å². The van der Waals surface area contributed by atoms with Crippen LogP contribution in [0.5, 0.6) is 5.75 Å². The van der Waals surface area contributed by atoms with Crippen LogP contribution in [0.15, 0.2) is 76.3 Å². The van der Waals surface area contributed by atoms with Gasteiger partial charge in [0.1, 0.15) is 5.75 Å². The number of methoxy groups -OCH3 is 1. The molecule has 0 aliphatic carbocycles. The molecule has 8 heteroatoms. The Morgan fingerprint density at radius 1 is 1.12 bits per heavy atom. The molecule has 4 aromatic rings. The Bertz CT molecular complexity index is 1330. The summed E-state index contributed by atoms with van der Waals surface area (Å²) in [4.78, 5) is 7.72. The highest BCUT2D eigenvalue weighted by molar-refractivity contribution is 7.80. The van der Waals surface area contributed by atoms with E-state index in [1.165, 1.54) is 5.56 Å². The molecule has 3 heterocycles. The predicted octanol–water partition coefficient (Wildman–Crippen LogP) is 6.24. The summed E-state index contributed by atoms with van der Waals surface area (Å²) in [5.41, 5.74) is 5.11. The molecule has 34 heavy (non-hydrogen) atoms. The third kappa shape index (κ3) is 4.10. The van der Waals surface area contributed by atoms with Crippen LogP contribution in [0.4, 0.5) is 5.69 Å².